The Labute approximate surface area is 191 Å². The third-order valence-corrected chi connectivity index (χ3v) is 5.05. The number of esters is 1. The molecule has 4 aromatic rings. The summed E-state index contributed by atoms with van der Waals surface area (Å²) in [7, 11) is 1.77. The Bertz CT molecular complexity index is 1310. The van der Waals surface area contributed by atoms with Crippen LogP contribution in [-0.4, -0.2) is 39.9 Å². The van der Waals surface area contributed by atoms with Gasteiger partial charge in [0.1, 0.15) is 5.75 Å². The highest BCUT2D eigenvalue weighted by molar-refractivity contribution is 6.06. The summed E-state index contributed by atoms with van der Waals surface area (Å²) < 4.78 is 12.5. The number of hydrogen-bond acceptors (Lipinski definition) is 6. The van der Waals surface area contributed by atoms with Gasteiger partial charge >= 0.3 is 5.97 Å². The smallest absolute Gasteiger partial charge is 0.339 e. The van der Waals surface area contributed by atoms with Gasteiger partial charge in [0.15, 0.2) is 12.3 Å². The van der Waals surface area contributed by atoms with Gasteiger partial charge in [0.25, 0.3) is 5.91 Å². The lowest BCUT2D eigenvalue weighted by Gasteiger charge is -2.12. The van der Waals surface area contributed by atoms with Gasteiger partial charge in [0.2, 0.25) is 0 Å². The highest BCUT2D eigenvalue weighted by Crippen LogP contribution is 2.27. The number of para-hydroxylation sites is 2. The first-order chi connectivity index (χ1) is 16.0. The number of carbonyl (C=O) groups excluding carboxylic acids is 2. The molecule has 0 spiro atoms. The number of amides is 1. The number of aromatic nitrogens is 3. The zero-order valence-electron chi connectivity index (χ0n) is 18.7. The molecule has 2 aromatic heterocycles. The third kappa shape index (κ3) is 4.69. The number of pyridine rings is 1. The summed E-state index contributed by atoms with van der Waals surface area (Å²) in [5.74, 6) is -0.537. The van der Waals surface area contributed by atoms with Crippen LogP contribution in [0.5, 0.6) is 5.75 Å². The van der Waals surface area contributed by atoms with Gasteiger partial charge in [-0.05, 0) is 32.0 Å². The lowest BCUT2D eigenvalue weighted by Crippen LogP contribution is -2.21. The third-order valence-electron chi connectivity index (χ3n) is 5.05. The van der Waals surface area contributed by atoms with Gasteiger partial charge in [0.05, 0.1) is 34.6 Å². The van der Waals surface area contributed by atoms with Gasteiger partial charge in [0, 0.05) is 12.6 Å². The van der Waals surface area contributed by atoms with E-state index in [2.05, 4.69) is 15.4 Å². The first-order valence-electron chi connectivity index (χ1n) is 10.6. The highest BCUT2D eigenvalue weighted by atomic mass is 16.5. The minimum Gasteiger partial charge on any atom is -0.492 e. The number of anilines is 1. The van der Waals surface area contributed by atoms with Crippen LogP contribution in [0.2, 0.25) is 0 Å². The Morgan fingerprint density at radius 1 is 1.06 bits per heavy atom. The summed E-state index contributed by atoms with van der Waals surface area (Å²) in [4.78, 5) is 30.2. The minimum absolute atomic E-state index is 0.312. The van der Waals surface area contributed by atoms with Crippen molar-refractivity contribution < 1.29 is 19.1 Å². The summed E-state index contributed by atoms with van der Waals surface area (Å²) in [5.41, 5.74) is 3.52. The standard InChI is InChI=1S/C25H24N4O4/c1-4-32-21-13-9-8-12-19(21)26-22(30)15-33-25(31)18-14-20(17-10-6-5-7-11-17)27-24-23(18)16(2)28-29(24)3/h5-14H,4,15H2,1-3H3,(H,26,30). The molecule has 8 heteroatoms. The summed E-state index contributed by atoms with van der Waals surface area (Å²) in [5, 5.41) is 7.72. The molecule has 0 saturated heterocycles. The van der Waals surface area contributed by atoms with Crippen molar-refractivity contribution >= 4 is 28.6 Å². The fourth-order valence-electron chi connectivity index (χ4n) is 3.61. The molecule has 0 unspecified atom stereocenters. The van der Waals surface area contributed by atoms with Crippen LogP contribution in [0.4, 0.5) is 5.69 Å². The van der Waals surface area contributed by atoms with E-state index in [0.717, 1.165) is 5.56 Å². The quantitative estimate of drug-likeness (QED) is 0.431. The average Bonchev–Trinajstić information content (AvgIpc) is 3.12. The van der Waals surface area contributed by atoms with Crippen molar-refractivity contribution in [3.05, 3.63) is 71.9 Å². The average molecular weight is 444 g/mol. The molecule has 0 aliphatic heterocycles. The number of rotatable bonds is 7. The molecule has 168 valence electrons. The van der Waals surface area contributed by atoms with Crippen molar-refractivity contribution in [2.45, 2.75) is 13.8 Å². The number of benzene rings is 2. The van der Waals surface area contributed by atoms with E-state index in [1.165, 1.54) is 0 Å². The summed E-state index contributed by atoms with van der Waals surface area (Å²) in [6.45, 7) is 3.69. The predicted octanol–water partition coefficient (Wildman–Crippen LogP) is 4.14. The van der Waals surface area contributed by atoms with Crippen LogP contribution < -0.4 is 10.1 Å². The van der Waals surface area contributed by atoms with Crippen molar-refractivity contribution in [2.75, 3.05) is 18.5 Å². The van der Waals surface area contributed by atoms with Gasteiger partial charge < -0.3 is 14.8 Å². The molecular formula is C25H24N4O4. The summed E-state index contributed by atoms with van der Waals surface area (Å²) in [6, 6.07) is 18.3. The summed E-state index contributed by atoms with van der Waals surface area (Å²) >= 11 is 0. The van der Waals surface area contributed by atoms with Crippen LogP contribution in [0, 0.1) is 6.92 Å². The molecule has 1 N–H and O–H groups in total. The van der Waals surface area contributed by atoms with E-state index in [1.807, 2.05) is 43.3 Å². The second kappa shape index (κ2) is 9.52. The molecule has 33 heavy (non-hydrogen) atoms. The maximum Gasteiger partial charge on any atom is 0.339 e. The van der Waals surface area contributed by atoms with Crippen LogP contribution >= 0.6 is 0 Å². The molecule has 8 nitrogen and oxygen atoms in total. The van der Waals surface area contributed by atoms with Crippen LogP contribution in [0.25, 0.3) is 22.3 Å². The van der Waals surface area contributed by atoms with Crippen molar-refractivity contribution in [1.29, 1.82) is 0 Å². The lowest BCUT2D eigenvalue weighted by molar-refractivity contribution is -0.119. The Balaban J connectivity index is 1.57. The number of aryl methyl sites for hydroxylation is 2. The lowest BCUT2D eigenvalue weighted by atomic mass is 10.1. The Hall–Kier alpha value is -4.20. The fourth-order valence-corrected chi connectivity index (χ4v) is 3.61. The molecule has 0 aliphatic carbocycles. The monoisotopic (exact) mass is 444 g/mol. The maximum atomic E-state index is 13.0. The number of carbonyl (C=O) groups is 2. The van der Waals surface area contributed by atoms with Gasteiger partial charge in [-0.25, -0.2) is 9.78 Å². The number of nitrogens with one attached hydrogen (secondary N) is 1. The molecule has 1 amide bonds. The zero-order chi connectivity index (χ0) is 23.4. The largest absolute Gasteiger partial charge is 0.492 e. The zero-order valence-corrected chi connectivity index (χ0v) is 18.7. The number of hydrogen-bond donors (Lipinski definition) is 1. The molecule has 2 heterocycles. The van der Waals surface area contributed by atoms with Crippen LogP contribution in [-0.2, 0) is 16.6 Å². The van der Waals surface area contributed by atoms with E-state index in [4.69, 9.17) is 9.47 Å². The minimum atomic E-state index is -0.621. The van der Waals surface area contributed by atoms with Crippen LogP contribution in [0.15, 0.2) is 60.7 Å². The van der Waals surface area contributed by atoms with E-state index in [-0.39, 0.29) is 0 Å². The molecule has 0 aliphatic rings. The Kier molecular flexibility index (Phi) is 6.35. The first kappa shape index (κ1) is 22.0. The Morgan fingerprint density at radius 2 is 1.79 bits per heavy atom. The Morgan fingerprint density at radius 3 is 2.55 bits per heavy atom. The number of fused-ring (bicyclic) bond motifs is 1. The molecule has 0 bridgehead atoms. The molecule has 0 saturated carbocycles. The van der Waals surface area contributed by atoms with Gasteiger partial charge in [-0.2, -0.15) is 5.10 Å². The second-order valence-corrected chi connectivity index (χ2v) is 7.38. The fraction of sp³-hybridized carbons (Fsp3) is 0.200. The molecule has 0 radical (unpaired) electrons. The SMILES string of the molecule is CCOc1ccccc1NC(=O)COC(=O)c1cc(-c2ccccc2)nc2c1c(C)nn2C. The van der Waals surface area contributed by atoms with Crippen molar-refractivity contribution in [2.24, 2.45) is 7.05 Å². The van der Waals surface area contributed by atoms with E-state index in [1.54, 1.807) is 42.9 Å². The van der Waals surface area contributed by atoms with Gasteiger partial charge in [-0.15, -0.1) is 0 Å². The van der Waals surface area contributed by atoms with Crippen molar-refractivity contribution in [3.63, 3.8) is 0 Å². The number of nitrogens with zero attached hydrogens (tertiary/aromatic N) is 3. The van der Waals surface area contributed by atoms with E-state index >= 15 is 0 Å². The number of ether oxygens (including phenoxy) is 2. The second-order valence-electron chi connectivity index (χ2n) is 7.38. The maximum absolute atomic E-state index is 13.0. The van der Waals surface area contributed by atoms with E-state index in [9.17, 15) is 9.59 Å². The van der Waals surface area contributed by atoms with E-state index in [0.29, 0.717) is 46.0 Å². The van der Waals surface area contributed by atoms with Gasteiger partial charge in [-0.3, -0.25) is 9.48 Å². The predicted molar refractivity (Wildman–Crippen MR) is 125 cm³/mol. The molecular weight excluding hydrogens is 420 g/mol. The molecule has 2 aromatic carbocycles. The summed E-state index contributed by atoms with van der Waals surface area (Å²) in [6.07, 6.45) is 0. The molecule has 0 fully saturated rings. The molecule has 0 atom stereocenters. The first-order valence-corrected chi connectivity index (χ1v) is 10.6. The normalized spacial score (nSPS) is 10.8. The van der Waals surface area contributed by atoms with Gasteiger partial charge in [-0.1, -0.05) is 42.5 Å². The van der Waals surface area contributed by atoms with E-state index < -0.39 is 18.5 Å². The molecule has 4 rings (SSSR count). The van der Waals surface area contributed by atoms with Crippen molar-refractivity contribution in [3.8, 4) is 17.0 Å². The van der Waals surface area contributed by atoms with Crippen molar-refractivity contribution in [1.82, 2.24) is 14.8 Å². The van der Waals surface area contributed by atoms with Crippen LogP contribution in [0.3, 0.4) is 0 Å². The topological polar surface area (TPSA) is 95.3 Å². The van der Waals surface area contributed by atoms with Crippen LogP contribution in [0.1, 0.15) is 23.0 Å². The highest BCUT2D eigenvalue weighted by Gasteiger charge is 2.21.